The highest BCUT2D eigenvalue weighted by Gasteiger charge is 2.23. The molecule has 0 saturated heterocycles. The van der Waals surface area contributed by atoms with Gasteiger partial charge in [0.1, 0.15) is 0 Å². The van der Waals surface area contributed by atoms with E-state index in [4.69, 9.17) is 16.3 Å². The average molecular weight is 298 g/mol. The second-order valence-corrected chi connectivity index (χ2v) is 6.55. The molecule has 3 nitrogen and oxygen atoms in total. The van der Waals surface area contributed by atoms with E-state index >= 15 is 0 Å². The zero-order valence-corrected chi connectivity index (χ0v) is 13.2. The van der Waals surface area contributed by atoms with E-state index < -0.39 is 0 Å². The van der Waals surface area contributed by atoms with Gasteiger partial charge in [0.05, 0.1) is 7.11 Å². The maximum absolute atomic E-state index is 10.1. The quantitative estimate of drug-likeness (QED) is 0.883. The van der Waals surface area contributed by atoms with E-state index in [1.807, 2.05) is 0 Å². The number of hydrogen-bond donors (Lipinski definition) is 2. The summed E-state index contributed by atoms with van der Waals surface area (Å²) in [5, 5.41) is 14.3. The SMILES string of the molecule is COc1cc(Cl)cc(CNC2CC(C)CC(C)C2)c1O. The molecule has 0 aromatic heterocycles. The maximum Gasteiger partial charge on any atom is 0.162 e. The molecule has 2 unspecified atom stereocenters. The lowest BCUT2D eigenvalue weighted by molar-refractivity contribution is 0.237. The Kier molecular flexibility index (Phi) is 5.17. The molecule has 0 bridgehead atoms. The van der Waals surface area contributed by atoms with Crippen LogP contribution in [-0.2, 0) is 6.54 Å². The van der Waals surface area contributed by atoms with Crippen molar-refractivity contribution < 1.29 is 9.84 Å². The maximum atomic E-state index is 10.1. The fraction of sp³-hybridized carbons (Fsp3) is 0.625. The van der Waals surface area contributed by atoms with Crippen LogP contribution in [0.15, 0.2) is 12.1 Å². The first-order valence-electron chi connectivity index (χ1n) is 7.28. The molecule has 1 aromatic carbocycles. The highest BCUT2D eigenvalue weighted by atomic mass is 35.5. The number of benzene rings is 1. The minimum absolute atomic E-state index is 0.182. The Morgan fingerprint density at radius 3 is 2.50 bits per heavy atom. The van der Waals surface area contributed by atoms with Gasteiger partial charge < -0.3 is 15.2 Å². The number of phenols is 1. The standard InChI is InChI=1S/C16H24ClNO2/c1-10-4-11(2)6-14(5-10)18-9-12-7-13(17)8-15(20-3)16(12)19/h7-8,10-11,14,18-19H,4-6,9H2,1-3H3. The van der Waals surface area contributed by atoms with Crippen LogP contribution in [0.4, 0.5) is 0 Å². The number of methoxy groups -OCH3 is 1. The van der Waals surface area contributed by atoms with E-state index in [-0.39, 0.29) is 5.75 Å². The number of nitrogens with one attached hydrogen (secondary N) is 1. The Bertz CT molecular complexity index is 454. The van der Waals surface area contributed by atoms with Gasteiger partial charge in [0.15, 0.2) is 11.5 Å². The van der Waals surface area contributed by atoms with Gasteiger partial charge in [0.25, 0.3) is 0 Å². The van der Waals surface area contributed by atoms with Gasteiger partial charge in [-0.25, -0.2) is 0 Å². The van der Waals surface area contributed by atoms with Crippen molar-refractivity contribution >= 4 is 11.6 Å². The summed E-state index contributed by atoms with van der Waals surface area (Å²) in [6.45, 7) is 5.24. The van der Waals surface area contributed by atoms with Gasteiger partial charge >= 0.3 is 0 Å². The molecule has 0 amide bonds. The second-order valence-electron chi connectivity index (χ2n) is 6.11. The van der Waals surface area contributed by atoms with Crippen molar-refractivity contribution in [3.63, 3.8) is 0 Å². The van der Waals surface area contributed by atoms with Gasteiger partial charge in [-0.05, 0) is 37.2 Å². The van der Waals surface area contributed by atoms with Gasteiger partial charge in [-0.3, -0.25) is 0 Å². The van der Waals surface area contributed by atoms with Crippen LogP contribution in [-0.4, -0.2) is 18.3 Å². The second kappa shape index (κ2) is 6.68. The third-order valence-electron chi connectivity index (χ3n) is 4.10. The summed E-state index contributed by atoms with van der Waals surface area (Å²) >= 11 is 6.05. The van der Waals surface area contributed by atoms with E-state index in [0.29, 0.717) is 23.4 Å². The summed E-state index contributed by atoms with van der Waals surface area (Å²) in [7, 11) is 1.53. The summed E-state index contributed by atoms with van der Waals surface area (Å²) < 4.78 is 5.13. The highest BCUT2D eigenvalue weighted by Crippen LogP contribution is 2.34. The van der Waals surface area contributed by atoms with Crippen LogP contribution in [0.2, 0.25) is 5.02 Å². The summed E-state index contributed by atoms with van der Waals surface area (Å²) in [5.74, 6) is 2.14. The highest BCUT2D eigenvalue weighted by molar-refractivity contribution is 6.30. The van der Waals surface area contributed by atoms with Crippen LogP contribution in [0.5, 0.6) is 11.5 Å². The van der Waals surface area contributed by atoms with Crippen LogP contribution in [0.1, 0.15) is 38.7 Å². The molecule has 2 rings (SSSR count). The van der Waals surface area contributed by atoms with Crippen molar-refractivity contribution in [1.82, 2.24) is 5.32 Å². The van der Waals surface area contributed by atoms with E-state index in [2.05, 4.69) is 19.2 Å². The normalized spacial score (nSPS) is 26.5. The lowest BCUT2D eigenvalue weighted by Crippen LogP contribution is -2.35. The van der Waals surface area contributed by atoms with Crippen LogP contribution in [0.25, 0.3) is 0 Å². The summed E-state index contributed by atoms with van der Waals surface area (Å²) in [5.41, 5.74) is 0.792. The zero-order chi connectivity index (χ0) is 14.7. The number of phenolic OH excluding ortho intramolecular Hbond substituents is 1. The zero-order valence-electron chi connectivity index (χ0n) is 12.4. The van der Waals surface area contributed by atoms with Crippen LogP contribution in [0.3, 0.4) is 0 Å². The van der Waals surface area contributed by atoms with E-state index in [9.17, 15) is 5.11 Å². The van der Waals surface area contributed by atoms with Crippen molar-refractivity contribution in [2.45, 2.75) is 45.7 Å². The molecule has 1 saturated carbocycles. The van der Waals surface area contributed by atoms with Crippen molar-refractivity contribution in [2.75, 3.05) is 7.11 Å². The molecule has 2 N–H and O–H groups in total. The van der Waals surface area contributed by atoms with Crippen molar-refractivity contribution in [1.29, 1.82) is 0 Å². The van der Waals surface area contributed by atoms with Crippen LogP contribution < -0.4 is 10.1 Å². The fourth-order valence-electron chi connectivity index (χ4n) is 3.29. The Labute approximate surface area is 126 Å². The Morgan fingerprint density at radius 2 is 1.90 bits per heavy atom. The molecule has 1 fully saturated rings. The van der Waals surface area contributed by atoms with Crippen LogP contribution >= 0.6 is 11.6 Å². The van der Waals surface area contributed by atoms with Gasteiger partial charge in [-0.15, -0.1) is 0 Å². The predicted molar refractivity (Wildman–Crippen MR) is 82.5 cm³/mol. The molecule has 0 heterocycles. The number of rotatable bonds is 4. The Morgan fingerprint density at radius 1 is 1.25 bits per heavy atom. The Hall–Kier alpha value is -0.930. The number of hydrogen-bond acceptors (Lipinski definition) is 3. The molecular formula is C16H24ClNO2. The van der Waals surface area contributed by atoms with Gasteiger partial charge in [-0.2, -0.15) is 0 Å². The van der Waals surface area contributed by atoms with E-state index in [0.717, 1.165) is 17.4 Å². The summed E-state index contributed by atoms with van der Waals surface area (Å²) in [4.78, 5) is 0. The Balaban J connectivity index is 2.02. The first-order valence-corrected chi connectivity index (χ1v) is 7.66. The fourth-order valence-corrected chi connectivity index (χ4v) is 3.52. The molecule has 4 heteroatoms. The molecule has 1 aromatic rings. The molecule has 0 radical (unpaired) electrons. The number of aromatic hydroxyl groups is 1. The first kappa shape index (κ1) is 15.5. The molecule has 1 aliphatic carbocycles. The monoisotopic (exact) mass is 297 g/mol. The molecule has 1 aliphatic rings. The third-order valence-corrected chi connectivity index (χ3v) is 4.32. The molecule has 0 spiro atoms. The van der Waals surface area contributed by atoms with Gasteiger partial charge in [-0.1, -0.05) is 25.4 Å². The lowest BCUT2D eigenvalue weighted by Gasteiger charge is -2.32. The summed E-state index contributed by atoms with van der Waals surface area (Å²) in [6, 6.07) is 3.94. The minimum atomic E-state index is 0.182. The largest absolute Gasteiger partial charge is 0.504 e. The van der Waals surface area contributed by atoms with Gasteiger partial charge in [0, 0.05) is 29.2 Å². The van der Waals surface area contributed by atoms with Crippen molar-refractivity contribution in [3.8, 4) is 11.5 Å². The lowest BCUT2D eigenvalue weighted by atomic mass is 9.80. The molecule has 2 atom stereocenters. The molecule has 20 heavy (non-hydrogen) atoms. The van der Waals surface area contributed by atoms with Crippen molar-refractivity contribution in [2.24, 2.45) is 11.8 Å². The van der Waals surface area contributed by atoms with Gasteiger partial charge in [0.2, 0.25) is 0 Å². The average Bonchev–Trinajstić information content (AvgIpc) is 2.38. The number of ether oxygens (including phenoxy) is 1. The first-order chi connectivity index (χ1) is 9.49. The van der Waals surface area contributed by atoms with E-state index in [1.54, 1.807) is 12.1 Å². The third kappa shape index (κ3) is 3.80. The number of halogens is 1. The van der Waals surface area contributed by atoms with Crippen molar-refractivity contribution in [3.05, 3.63) is 22.7 Å². The molecule has 112 valence electrons. The molecule has 0 aliphatic heterocycles. The predicted octanol–water partition coefficient (Wildman–Crippen LogP) is 3.97. The smallest absolute Gasteiger partial charge is 0.162 e. The molecular weight excluding hydrogens is 274 g/mol. The minimum Gasteiger partial charge on any atom is -0.504 e. The summed E-state index contributed by atoms with van der Waals surface area (Å²) in [6.07, 6.45) is 3.71. The van der Waals surface area contributed by atoms with E-state index in [1.165, 1.54) is 26.4 Å². The topological polar surface area (TPSA) is 41.5 Å². The van der Waals surface area contributed by atoms with Crippen LogP contribution in [0, 0.1) is 11.8 Å².